The summed E-state index contributed by atoms with van der Waals surface area (Å²) in [5.74, 6) is 0.0778. The van der Waals surface area contributed by atoms with Crippen LogP contribution < -0.4 is 0 Å². The van der Waals surface area contributed by atoms with Crippen LogP contribution in [0.4, 0.5) is 0 Å². The van der Waals surface area contributed by atoms with E-state index in [-0.39, 0.29) is 18.1 Å². The summed E-state index contributed by atoms with van der Waals surface area (Å²) in [5.41, 5.74) is 0. The maximum absolute atomic E-state index is 11.5. The van der Waals surface area contributed by atoms with Crippen LogP contribution >= 0.6 is 0 Å². The van der Waals surface area contributed by atoms with Gasteiger partial charge < -0.3 is 10.0 Å². The van der Waals surface area contributed by atoms with Crippen molar-refractivity contribution in [1.82, 2.24) is 9.80 Å². The number of hydrogen-bond acceptors (Lipinski definition) is 3. The summed E-state index contributed by atoms with van der Waals surface area (Å²) in [5, 5.41) is 9.29. The Morgan fingerprint density at radius 2 is 2.17 bits per heavy atom. The zero-order valence-electron chi connectivity index (χ0n) is 7.82. The number of aliphatic hydroxyl groups is 1. The number of carbonyl (C=O) groups excluding carboxylic acids is 1. The van der Waals surface area contributed by atoms with Crippen molar-refractivity contribution in [3.8, 4) is 0 Å². The molecule has 4 heteroatoms. The third-order valence-electron chi connectivity index (χ3n) is 2.25. The van der Waals surface area contributed by atoms with Gasteiger partial charge in [-0.1, -0.05) is 0 Å². The van der Waals surface area contributed by atoms with Crippen molar-refractivity contribution in [2.24, 2.45) is 0 Å². The van der Waals surface area contributed by atoms with Crippen molar-refractivity contribution < 1.29 is 9.90 Å². The Kier molecular flexibility index (Phi) is 2.69. The smallest absolute Gasteiger partial charge is 0.239 e. The topological polar surface area (TPSA) is 43.8 Å². The maximum atomic E-state index is 11.5. The van der Waals surface area contributed by atoms with E-state index in [4.69, 9.17) is 0 Å². The minimum Gasteiger partial charge on any atom is -0.392 e. The van der Waals surface area contributed by atoms with Crippen LogP contribution in [0, 0.1) is 0 Å². The minimum atomic E-state index is -0.344. The van der Waals surface area contributed by atoms with Gasteiger partial charge in [0.2, 0.25) is 5.91 Å². The first-order chi connectivity index (χ1) is 5.52. The summed E-state index contributed by atoms with van der Waals surface area (Å²) in [6, 6.07) is -0.130. The number of β-amino-alcohol motifs (C(OH)–C–C–N with tert-alkyl or cyclic N) is 1. The van der Waals surface area contributed by atoms with Gasteiger partial charge in [-0.15, -0.1) is 0 Å². The van der Waals surface area contributed by atoms with Crippen LogP contribution in [0.25, 0.3) is 0 Å². The molecule has 1 aliphatic heterocycles. The summed E-state index contributed by atoms with van der Waals surface area (Å²) in [4.78, 5) is 14.9. The first-order valence-corrected chi connectivity index (χ1v) is 4.12. The van der Waals surface area contributed by atoms with Gasteiger partial charge in [0.25, 0.3) is 0 Å². The van der Waals surface area contributed by atoms with E-state index < -0.39 is 0 Å². The Bertz CT molecular complexity index is 182. The minimum absolute atomic E-state index is 0.0778. The van der Waals surface area contributed by atoms with E-state index in [1.807, 2.05) is 11.9 Å². The van der Waals surface area contributed by atoms with Crippen molar-refractivity contribution in [2.75, 3.05) is 27.7 Å². The molecule has 0 bridgehead atoms. The highest BCUT2D eigenvalue weighted by Gasteiger charge is 2.33. The predicted molar refractivity (Wildman–Crippen MR) is 45.7 cm³/mol. The van der Waals surface area contributed by atoms with Gasteiger partial charge in [-0.3, -0.25) is 9.69 Å². The molecule has 2 atom stereocenters. The number of amides is 1. The molecule has 0 spiro atoms. The van der Waals surface area contributed by atoms with E-state index in [1.54, 1.807) is 19.0 Å². The molecule has 0 aromatic rings. The molecular formula is C8H16N2O2. The van der Waals surface area contributed by atoms with Crippen molar-refractivity contribution in [3.05, 3.63) is 0 Å². The number of likely N-dealkylation sites (N-methyl/N-ethyl adjacent to an activating group) is 2. The normalized spacial score (nSPS) is 30.7. The third kappa shape index (κ3) is 1.76. The van der Waals surface area contributed by atoms with E-state index in [1.165, 1.54) is 0 Å². The van der Waals surface area contributed by atoms with Crippen LogP contribution in [0.3, 0.4) is 0 Å². The van der Waals surface area contributed by atoms with Gasteiger partial charge >= 0.3 is 0 Å². The van der Waals surface area contributed by atoms with E-state index in [0.717, 1.165) is 0 Å². The second-order valence-corrected chi connectivity index (χ2v) is 3.58. The Labute approximate surface area is 72.8 Å². The lowest BCUT2D eigenvalue weighted by Crippen LogP contribution is -2.40. The summed E-state index contributed by atoms with van der Waals surface area (Å²) < 4.78 is 0. The Morgan fingerprint density at radius 1 is 1.58 bits per heavy atom. The van der Waals surface area contributed by atoms with Gasteiger partial charge in [0, 0.05) is 20.6 Å². The first-order valence-electron chi connectivity index (χ1n) is 4.12. The van der Waals surface area contributed by atoms with Crippen LogP contribution in [0.15, 0.2) is 0 Å². The molecule has 0 saturated carbocycles. The monoisotopic (exact) mass is 172 g/mol. The summed E-state index contributed by atoms with van der Waals surface area (Å²) in [6.07, 6.45) is 0.219. The molecule has 70 valence electrons. The van der Waals surface area contributed by atoms with Crippen molar-refractivity contribution in [1.29, 1.82) is 0 Å². The molecule has 1 aliphatic rings. The Morgan fingerprint density at radius 3 is 2.50 bits per heavy atom. The van der Waals surface area contributed by atoms with E-state index >= 15 is 0 Å². The van der Waals surface area contributed by atoms with Gasteiger partial charge in [-0.05, 0) is 13.5 Å². The fourth-order valence-corrected chi connectivity index (χ4v) is 1.56. The average molecular weight is 172 g/mol. The highest BCUT2D eigenvalue weighted by atomic mass is 16.3. The molecule has 0 aromatic heterocycles. The van der Waals surface area contributed by atoms with Crippen LogP contribution in [0.5, 0.6) is 0 Å². The van der Waals surface area contributed by atoms with Crippen LogP contribution in [-0.4, -0.2) is 60.6 Å². The van der Waals surface area contributed by atoms with Gasteiger partial charge in [0.15, 0.2) is 0 Å². The second-order valence-electron chi connectivity index (χ2n) is 3.58. The van der Waals surface area contributed by atoms with Crippen molar-refractivity contribution >= 4 is 5.91 Å². The fraction of sp³-hybridized carbons (Fsp3) is 0.875. The van der Waals surface area contributed by atoms with E-state index in [9.17, 15) is 9.90 Å². The summed E-state index contributed by atoms with van der Waals surface area (Å²) >= 11 is 0. The zero-order chi connectivity index (χ0) is 9.30. The lowest BCUT2D eigenvalue weighted by molar-refractivity contribution is -0.133. The zero-order valence-corrected chi connectivity index (χ0v) is 7.82. The summed E-state index contributed by atoms with van der Waals surface area (Å²) in [7, 11) is 5.34. The molecule has 1 rings (SSSR count). The van der Waals surface area contributed by atoms with Gasteiger partial charge in [0.1, 0.15) is 0 Å². The Balaban J connectivity index is 2.58. The molecule has 1 saturated heterocycles. The molecule has 0 radical (unpaired) electrons. The van der Waals surface area contributed by atoms with E-state index in [2.05, 4.69) is 0 Å². The molecule has 1 heterocycles. The predicted octanol–water partition coefficient (Wildman–Crippen LogP) is -0.860. The molecule has 1 N–H and O–H groups in total. The molecular weight excluding hydrogens is 156 g/mol. The quantitative estimate of drug-likeness (QED) is 0.559. The highest BCUT2D eigenvalue weighted by molar-refractivity contribution is 5.81. The molecule has 0 aliphatic carbocycles. The number of carbonyl (C=O) groups is 1. The third-order valence-corrected chi connectivity index (χ3v) is 2.25. The summed E-state index contributed by atoms with van der Waals surface area (Å²) in [6.45, 7) is 0.601. The lowest BCUT2D eigenvalue weighted by Gasteiger charge is -2.21. The van der Waals surface area contributed by atoms with Crippen LogP contribution in [0.2, 0.25) is 0 Å². The van der Waals surface area contributed by atoms with E-state index in [0.29, 0.717) is 13.0 Å². The van der Waals surface area contributed by atoms with Crippen LogP contribution in [-0.2, 0) is 4.79 Å². The number of likely N-dealkylation sites (tertiary alicyclic amines) is 1. The first kappa shape index (κ1) is 9.48. The fourth-order valence-electron chi connectivity index (χ4n) is 1.56. The van der Waals surface area contributed by atoms with Crippen LogP contribution in [0.1, 0.15) is 6.42 Å². The number of hydrogen-bond donors (Lipinski definition) is 1. The molecule has 4 nitrogen and oxygen atoms in total. The molecule has 1 unspecified atom stereocenters. The Hall–Kier alpha value is -0.610. The van der Waals surface area contributed by atoms with Crippen molar-refractivity contribution in [2.45, 2.75) is 18.6 Å². The molecule has 1 fully saturated rings. The van der Waals surface area contributed by atoms with Gasteiger partial charge in [0.05, 0.1) is 12.1 Å². The molecule has 12 heavy (non-hydrogen) atoms. The molecule has 1 amide bonds. The van der Waals surface area contributed by atoms with Gasteiger partial charge in [-0.2, -0.15) is 0 Å². The maximum Gasteiger partial charge on any atom is 0.239 e. The van der Waals surface area contributed by atoms with Gasteiger partial charge in [-0.25, -0.2) is 0 Å². The average Bonchev–Trinajstić information content (AvgIpc) is 2.28. The largest absolute Gasteiger partial charge is 0.392 e. The number of nitrogens with zero attached hydrogens (tertiary/aromatic N) is 2. The number of aliphatic hydroxyl groups excluding tert-OH is 1. The highest BCUT2D eigenvalue weighted by Crippen LogP contribution is 2.16. The van der Waals surface area contributed by atoms with Crippen molar-refractivity contribution in [3.63, 3.8) is 0 Å². The SMILES string of the molecule is CN(C)C(=O)[C@@H]1CC(O)CN1C. The molecule has 0 aromatic carbocycles. The lowest BCUT2D eigenvalue weighted by atomic mass is 10.2. The number of rotatable bonds is 1. The second kappa shape index (κ2) is 3.41. The standard InChI is InChI=1S/C8H16N2O2/c1-9(2)8(12)7-4-6(11)5-10(7)3/h6-7,11H,4-5H2,1-3H3/t6?,7-/m0/s1.